The molecule has 0 amide bonds. The van der Waals surface area contributed by atoms with Crippen LogP contribution in [0.5, 0.6) is 5.88 Å². The summed E-state index contributed by atoms with van der Waals surface area (Å²) in [7, 11) is 1.90. The fourth-order valence-electron chi connectivity index (χ4n) is 2.10. The van der Waals surface area contributed by atoms with E-state index in [1.165, 1.54) is 0 Å². The summed E-state index contributed by atoms with van der Waals surface area (Å²) in [6.07, 6.45) is 7.87. The first-order chi connectivity index (χ1) is 9.65. The number of aryl methyl sites for hydroxylation is 1. The number of nitrogens with zero attached hydrogens (tertiary/aromatic N) is 4. The SMILES string of the molecule is CC(C)Oc1nn(C)cc1N1C=CSC1c1cn[nH]c1. The summed E-state index contributed by atoms with van der Waals surface area (Å²) in [5, 5.41) is 13.5. The van der Waals surface area contributed by atoms with Crippen LogP contribution in [0.25, 0.3) is 0 Å². The van der Waals surface area contributed by atoms with E-state index in [0.29, 0.717) is 5.88 Å². The third-order valence-corrected chi connectivity index (χ3v) is 3.92. The molecule has 2 aromatic rings. The van der Waals surface area contributed by atoms with Crippen LogP contribution in [0, 0.1) is 0 Å². The zero-order valence-corrected chi connectivity index (χ0v) is 12.5. The highest BCUT2D eigenvalue weighted by atomic mass is 32.2. The molecule has 20 heavy (non-hydrogen) atoms. The Morgan fingerprint density at radius 3 is 3.00 bits per heavy atom. The maximum Gasteiger partial charge on any atom is 0.257 e. The number of ether oxygens (including phenoxy) is 1. The quantitative estimate of drug-likeness (QED) is 0.938. The lowest BCUT2D eigenvalue weighted by Gasteiger charge is -2.23. The van der Waals surface area contributed by atoms with Crippen molar-refractivity contribution in [1.82, 2.24) is 20.0 Å². The van der Waals surface area contributed by atoms with Gasteiger partial charge in [-0.3, -0.25) is 9.78 Å². The molecule has 0 saturated heterocycles. The average Bonchev–Trinajstić information content (AvgIpc) is 3.06. The molecule has 3 heterocycles. The number of H-pyrrole nitrogens is 1. The van der Waals surface area contributed by atoms with Gasteiger partial charge in [0.25, 0.3) is 5.88 Å². The second-order valence-electron chi connectivity index (χ2n) is 4.87. The minimum atomic E-state index is 0.0928. The van der Waals surface area contributed by atoms with Gasteiger partial charge in [0.05, 0.1) is 18.5 Å². The molecule has 106 valence electrons. The molecule has 1 unspecified atom stereocenters. The van der Waals surface area contributed by atoms with Gasteiger partial charge in [-0.05, 0) is 19.3 Å². The van der Waals surface area contributed by atoms with Crippen molar-refractivity contribution in [2.24, 2.45) is 7.05 Å². The monoisotopic (exact) mass is 291 g/mol. The number of hydrogen-bond donors (Lipinski definition) is 1. The predicted octanol–water partition coefficient (Wildman–Crippen LogP) is 2.65. The highest BCUT2D eigenvalue weighted by Crippen LogP contribution is 2.44. The summed E-state index contributed by atoms with van der Waals surface area (Å²) in [5.41, 5.74) is 2.09. The van der Waals surface area contributed by atoms with Gasteiger partial charge in [0.2, 0.25) is 0 Å². The van der Waals surface area contributed by atoms with E-state index in [0.717, 1.165) is 11.3 Å². The molecule has 3 rings (SSSR count). The van der Waals surface area contributed by atoms with Crippen LogP contribution in [0.15, 0.2) is 30.2 Å². The highest BCUT2D eigenvalue weighted by molar-refractivity contribution is 8.02. The molecule has 0 radical (unpaired) electrons. The van der Waals surface area contributed by atoms with Gasteiger partial charge in [-0.1, -0.05) is 0 Å². The normalized spacial score (nSPS) is 18.2. The zero-order valence-electron chi connectivity index (χ0n) is 11.6. The van der Waals surface area contributed by atoms with E-state index in [1.54, 1.807) is 16.4 Å². The molecule has 0 spiro atoms. The Kier molecular flexibility index (Phi) is 3.43. The number of anilines is 1. The van der Waals surface area contributed by atoms with Crippen LogP contribution in [0.1, 0.15) is 24.8 Å². The topological polar surface area (TPSA) is 59.0 Å². The van der Waals surface area contributed by atoms with Crippen LogP contribution < -0.4 is 9.64 Å². The number of rotatable bonds is 4. The Bertz CT molecular complexity index is 604. The smallest absolute Gasteiger partial charge is 0.257 e. The van der Waals surface area contributed by atoms with Gasteiger partial charge in [-0.25, -0.2) is 0 Å². The Hall–Kier alpha value is -1.89. The van der Waals surface area contributed by atoms with E-state index in [9.17, 15) is 0 Å². The minimum Gasteiger partial charge on any atom is -0.472 e. The van der Waals surface area contributed by atoms with Crippen LogP contribution in [-0.2, 0) is 7.05 Å². The van der Waals surface area contributed by atoms with Crippen molar-refractivity contribution < 1.29 is 4.74 Å². The summed E-state index contributed by atoms with van der Waals surface area (Å²) in [4.78, 5) is 2.15. The van der Waals surface area contributed by atoms with Gasteiger partial charge >= 0.3 is 0 Å². The van der Waals surface area contributed by atoms with Gasteiger partial charge in [-0.2, -0.15) is 5.10 Å². The molecule has 6 nitrogen and oxygen atoms in total. The number of aromatic nitrogens is 4. The molecule has 1 aliphatic heterocycles. The maximum atomic E-state index is 5.80. The lowest BCUT2D eigenvalue weighted by Crippen LogP contribution is -2.18. The van der Waals surface area contributed by atoms with Crippen molar-refractivity contribution in [3.8, 4) is 5.88 Å². The van der Waals surface area contributed by atoms with E-state index < -0.39 is 0 Å². The molecule has 2 aromatic heterocycles. The van der Waals surface area contributed by atoms with E-state index in [1.807, 2.05) is 45.7 Å². The fourth-order valence-corrected chi connectivity index (χ4v) is 3.05. The van der Waals surface area contributed by atoms with Crippen LogP contribution in [0.4, 0.5) is 5.69 Å². The van der Waals surface area contributed by atoms with Crippen molar-refractivity contribution in [1.29, 1.82) is 0 Å². The lowest BCUT2D eigenvalue weighted by atomic mass is 10.3. The maximum absolute atomic E-state index is 5.80. The van der Waals surface area contributed by atoms with Gasteiger partial charge in [0.1, 0.15) is 11.1 Å². The molecule has 0 fully saturated rings. The summed E-state index contributed by atoms with van der Waals surface area (Å²) in [6.45, 7) is 4.00. The van der Waals surface area contributed by atoms with Gasteiger partial charge in [0, 0.05) is 25.0 Å². The fraction of sp³-hybridized carbons (Fsp3) is 0.385. The van der Waals surface area contributed by atoms with Crippen molar-refractivity contribution in [2.75, 3.05) is 4.90 Å². The Labute approximate surface area is 121 Å². The summed E-state index contributed by atoms with van der Waals surface area (Å²) >= 11 is 1.73. The minimum absolute atomic E-state index is 0.0928. The number of nitrogens with one attached hydrogen (secondary N) is 1. The van der Waals surface area contributed by atoms with E-state index >= 15 is 0 Å². The standard InChI is InChI=1S/C13H17N5OS/c1-9(2)19-12-11(8-17(3)16-12)18-4-5-20-13(18)10-6-14-15-7-10/h4-9,13H,1-3H3,(H,14,15). The molecule has 1 N–H and O–H groups in total. The molecule has 1 atom stereocenters. The van der Waals surface area contributed by atoms with E-state index in [2.05, 4.69) is 25.6 Å². The third kappa shape index (κ3) is 2.40. The molecular formula is C13H17N5OS. The first-order valence-electron chi connectivity index (χ1n) is 6.44. The van der Waals surface area contributed by atoms with E-state index in [-0.39, 0.29) is 11.5 Å². The van der Waals surface area contributed by atoms with Crippen molar-refractivity contribution in [2.45, 2.75) is 25.3 Å². The first kappa shape index (κ1) is 13.1. The molecule has 1 aliphatic rings. The van der Waals surface area contributed by atoms with Gasteiger partial charge in [0.15, 0.2) is 0 Å². The Morgan fingerprint density at radius 1 is 1.45 bits per heavy atom. The Morgan fingerprint density at radius 2 is 2.30 bits per heavy atom. The van der Waals surface area contributed by atoms with Crippen molar-refractivity contribution in [3.63, 3.8) is 0 Å². The second-order valence-corrected chi connectivity index (χ2v) is 5.86. The van der Waals surface area contributed by atoms with Crippen LogP contribution >= 0.6 is 11.8 Å². The molecule has 0 bridgehead atoms. The molecule has 0 aliphatic carbocycles. The number of thioether (sulfide) groups is 1. The number of hydrogen-bond acceptors (Lipinski definition) is 5. The predicted molar refractivity (Wildman–Crippen MR) is 79.5 cm³/mol. The average molecular weight is 291 g/mol. The van der Waals surface area contributed by atoms with E-state index in [4.69, 9.17) is 4.74 Å². The zero-order chi connectivity index (χ0) is 14.1. The largest absolute Gasteiger partial charge is 0.472 e. The van der Waals surface area contributed by atoms with Gasteiger partial charge in [-0.15, -0.1) is 16.9 Å². The van der Waals surface area contributed by atoms with Gasteiger partial charge < -0.3 is 9.64 Å². The summed E-state index contributed by atoms with van der Waals surface area (Å²) < 4.78 is 7.58. The van der Waals surface area contributed by atoms with Crippen molar-refractivity contribution >= 4 is 17.4 Å². The molecular weight excluding hydrogens is 274 g/mol. The Balaban J connectivity index is 1.93. The van der Waals surface area contributed by atoms with Crippen LogP contribution in [0.2, 0.25) is 0 Å². The first-order valence-corrected chi connectivity index (χ1v) is 7.39. The molecule has 7 heteroatoms. The lowest BCUT2D eigenvalue weighted by molar-refractivity contribution is 0.231. The molecule has 0 aromatic carbocycles. The summed E-state index contributed by atoms with van der Waals surface area (Å²) in [6, 6.07) is 0. The van der Waals surface area contributed by atoms with Crippen molar-refractivity contribution in [3.05, 3.63) is 35.8 Å². The third-order valence-electron chi connectivity index (χ3n) is 2.89. The highest BCUT2D eigenvalue weighted by Gasteiger charge is 2.28. The molecule has 0 saturated carbocycles. The van der Waals surface area contributed by atoms with Crippen LogP contribution in [-0.4, -0.2) is 26.1 Å². The number of aromatic amines is 1. The summed E-state index contributed by atoms with van der Waals surface area (Å²) in [5.74, 6) is 0.656. The van der Waals surface area contributed by atoms with Crippen LogP contribution in [0.3, 0.4) is 0 Å². The second kappa shape index (κ2) is 5.24.